The van der Waals surface area contributed by atoms with E-state index in [0.29, 0.717) is 11.1 Å². The number of fused-ring (bicyclic) bond motifs is 1. The molecule has 0 saturated carbocycles. The Morgan fingerprint density at radius 2 is 2.25 bits per heavy atom. The minimum atomic E-state index is -0.625. The highest BCUT2D eigenvalue weighted by Gasteiger charge is 2.12. The molecule has 0 aliphatic heterocycles. The van der Waals surface area contributed by atoms with E-state index in [1.807, 2.05) is 6.07 Å². The van der Waals surface area contributed by atoms with Crippen molar-refractivity contribution < 1.29 is 4.39 Å². The largest absolute Gasteiger partial charge is 0.322 e. The third-order valence-electron chi connectivity index (χ3n) is 2.20. The molecule has 1 aromatic carbocycles. The molecule has 0 atom stereocenters. The van der Waals surface area contributed by atoms with Crippen molar-refractivity contribution in [2.75, 3.05) is 5.43 Å². The number of anilines is 1. The second-order valence-corrected chi connectivity index (χ2v) is 3.47. The molecule has 2 rings (SSSR count). The van der Waals surface area contributed by atoms with Crippen molar-refractivity contribution in [1.82, 2.24) is 4.98 Å². The lowest BCUT2D eigenvalue weighted by Gasteiger charge is -2.08. The van der Waals surface area contributed by atoms with Gasteiger partial charge in [0.2, 0.25) is 0 Å². The Labute approximate surface area is 95.4 Å². The van der Waals surface area contributed by atoms with Gasteiger partial charge >= 0.3 is 0 Å². The Balaban J connectivity index is 2.91. The molecule has 6 heteroatoms. The molecule has 0 unspecified atom stereocenters. The predicted molar refractivity (Wildman–Crippen MR) is 59.2 cm³/mol. The zero-order valence-electron chi connectivity index (χ0n) is 7.96. The zero-order chi connectivity index (χ0) is 11.7. The first kappa shape index (κ1) is 10.6. The van der Waals surface area contributed by atoms with Crippen LogP contribution < -0.4 is 11.3 Å². The van der Waals surface area contributed by atoms with Gasteiger partial charge in [0.25, 0.3) is 0 Å². The van der Waals surface area contributed by atoms with Crippen molar-refractivity contribution in [2.45, 2.75) is 0 Å². The third kappa shape index (κ3) is 1.45. The fraction of sp³-hybridized carbons (Fsp3) is 0. The first-order valence-corrected chi connectivity index (χ1v) is 4.70. The van der Waals surface area contributed by atoms with Gasteiger partial charge in [-0.3, -0.25) is 10.8 Å². The number of halogens is 2. The number of nitrogens with two attached hydrogens (primary N) is 1. The second kappa shape index (κ2) is 3.93. The Morgan fingerprint density at radius 1 is 1.50 bits per heavy atom. The SMILES string of the molecule is N#Cc1cnc2c(F)c(Cl)ccc2c1NN. The lowest BCUT2D eigenvalue weighted by Crippen LogP contribution is -2.09. The van der Waals surface area contributed by atoms with Crippen LogP contribution in [0.5, 0.6) is 0 Å². The molecule has 0 radical (unpaired) electrons. The molecule has 0 aliphatic rings. The quantitative estimate of drug-likeness (QED) is 0.588. The molecule has 0 aliphatic carbocycles. The molecule has 0 bridgehead atoms. The number of aromatic nitrogens is 1. The van der Waals surface area contributed by atoms with Gasteiger partial charge in [-0.2, -0.15) is 5.26 Å². The molecular weight excluding hydrogens is 231 g/mol. The number of nitrogens with one attached hydrogen (secondary N) is 1. The van der Waals surface area contributed by atoms with E-state index in [1.54, 1.807) is 6.07 Å². The third-order valence-corrected chi connectivity index (χ3v) is 2.49. The van der Waals surface area contributed by atoms with E-state index in [-0.39, 0.29) is 16.1 Å². The lowest BCUT2D eigenvalue weighted by molar-refractivity contribution is 0.637. The van der Waals surface area contributed by atoms with Crippen molar-refractivity contribution in [2.24, 2.45) is 5.84 Å². The van der Waals surface area contributed by atoms with Gasteiger partial charge in [-0.05, 0) is 12.1 Å². The summed E-state index contributed by atoms with van der Waals surface area (Å²) in [5.41, 5.74) is 3.03. The zero-order valence-corrected chi connectivity index (χ0v) is 8.72. The molecule has 1 heterocycles. The molecule has 2 aromatic rings. The Kier molecular flexibility index (Phi) is 2.60. The summed E-state index contributed by atoms with van der Waals surface area (Å²) in [7, 11) is 0. The van der Waals surface area contributed by atoms with Crippen LogP contribution >= 0.6 is 11.6 Å². The number of nitrogens with zero attached hydrogens (tertiary/aromatic N) is 2. The van der Waals surface area contributed by atoms with E-state index in [2.05, 4.69) is 10.4 Å². The van der Waals surface area contributed by atoms with E-state index < -0.39 is 5.82 Å². The van der Waals surface area contributed by atoms with Gasteiger partial charge in [-0.15, -0.1) is 0 Å². The smallest absolute Gasteiger partial charge is 0.168 e. The molecule has 3 N–H and O–H groups in total. The average Bonchev–Trinajstić information content (AvgIpc) is 2.32. The first-order valence-electron chi connectivity index (χ1n) is 4.32. The highest BCUT2D eigenvalue weighted by molar-refractivity contribution is 6.31. The fourth-order valence-electron chi connectivity index (χ4n) is 1.45. The van der Waals surface area contributed by atoms with Crippen LogP contribution in [0.1, 0.15) is 5.56 Å². The van der Waals surface area contributed by atoms with Crippen LogP contribution in [0, 0.1) is 17.1 Å². The van der Waals surface area contributed by atoms with E-state index in [0.717, 1.165) is 0 Å². The molecule has 0 spiro atoms. The van der Waals surface area contributed by atoms with Crippen LogP contribution in [0.15, 0.2) is 18.3 Å². The van der Waals surface area contributed by atoms with Crippen molar-refractivity contribution >= 4 is 28.2 Å². The maximum absolute atomic E-state index is 13.6. The summed E-state index contributed by atoms with van der Waals surface area (Å²) in [6.45, 7) is 0. The maximum atomic E-state index is 13.6. The number of hydrazine groups is 1. The normalized spacial score (nSPS) is 10.1. The Bertz CT molecular complexity index is 606. The Hall–Kier alpha value is -1.90. The molecule has 16 heavy (non-hydrogen) atoms. The first-order chi connectivity index (χ1) is 7.69. The van der Waals surface area contributed by atoms with Crippen molar-refractivity contribution in [1.29, 1.82) is 5.26 Å². The highest BCUT2D eigenvalue weighted by Crippen LogP contribution is 2.29. The van der Waals surface area contributed by atoms with Crippen LogP contribution in [0.25, 0.3) is 10.9 Å². The van der Waals surface area contributed by atoms with Gasteiger partial charge in [0.05, 0.1) is 16.3 Å². The number of hydrogen-bond acceptors (Lipinski definition) is 4. The van der Waals surface area contributed by atoms with Gasteiger partial charge in [-0.1, -0.05) is 11.6 Å². The van der Waals surface area contributed by atoms with Crippen molar-refractivity contribution in [3.8, 4) is 6.07 Å². The van der Waals surface area contributed by atoms with Gasteiger partial charge < -0.3 is 5.43 Å². The van der Waals surface area contributed by atoms with E-state index in [9.17, 15) is 4.39 Å². The van der Waals surface area contributed by atoms with Gasteiger partial charge in [0.15, 0.2) is 5.82 Å². The molecule has 4 nitrogen and oxygen atoms in total. The summed E-state index contributed by atoms with van der Waals surface area (Å²) in [6, 6.07) is 4.86. The summed E-state index contributed by atoms with van der Waals surface area (Å²) in [5, 5.41) is 9.23. The van der Waals surface area contributed by atoms with Crippen LogP contribution in [0.2, 0.25) is 5.02 Å². The summed E-state index contributed by atoms with van der Waals surface area (Å²) in [6.07, 6.45) is 1.25. The van der Waals surface area contributed by atoms with Gasteiger partial charge in [-0.25, -0.2) is 4.39 Å². The van der Waals surface area contributed by atoms with E-state index in [1.165, 1.54) is 12.3 Å². The molecule has 1 aromatic heterocycles. The monoisotopic (exact) mass is 236 g/mol. The lowest BCUT2D eigenvalue weighted by atomic mass is 10.1. The summed E-state index contributed by atoms with van der Waals surface area (Å²) >= 11 is 5.63. The summed E-state index contributed by atoms with van der Waals surface area (Å²) < 4.78 is 13.6. The molecule has 0 saturated heterocycles. The number of hydrogen-bond donors (Lipinski definition) is 2. The second-order valence-electron chi connectivity index (χ2n) is 3.06. The molecule has 0 fully saturated rings. The van der Waals surface area contributed by atoms with Crippen LogP contribution in [-0.4, -0.2) is 4.98 Å². The number of pyridine rings is 1. The molecule has 0 amide bonds. The maximum Gasteiger partial charge on any atom is 0.168 e. The number of nitrogen functional groups attached to an aromatic ring is 1. The summed E-state index contributed by atoms with van der Waals surface area (Å²) in [4.78, 5) is 3.84. The molecule has 80 valence electrons. The minimum absolute atomic E-state index is 0.0207. The van der Waals surface area contributed by atoms with Crippen LogP contribution in [0.4, 0.5) is 10.1 Å². The number of nitriles is 1. The standard InChI is InChI=1S/C10H6ClFN4/c11-7-2-1-6-9(16-14)5(3-13)4-15-10(6)8(7)12/h1-2,4H,14H2,(H,15,16). The Morgan fingerprint density at radius 3 is 2.88 bits per heavy atom. The fourth-order valence-corrected chi connectivity index (χ4v) is 1.60. The van der Waals surface area contributed by atoms with E-state index >= 15 is 0 Å². The number of rotatable bonds is 1. The summed E-state index contributed by atoms with van der Waals surface area (Å²) in [5.74, 6) is 4.67. The predicted octanol–water partition coefficient (Wildman–Crippen LogP) is 2.18. The van der Waals surface area contributed by atoms with Crippen molar-refractivity contribution in [3.05, 3.63) is 34.7 Å². The van der Waals surface area contributed by atoms with E-state index in [4.69, 9.17) is 22.7 Å². The average molecular weight is 237 g/mol. The molecular formula is C10H6ClFN4. The topological polar surface area (TPSA) is 74.7 Å². The highest BCUT2D eigenvalue weighted by atomic mass is 35.5. The van der Waals surface area contributed by atoms with Crippen molar-refractivity contribution in [3.63, 3.8) is 0 Å². The number of benzene rings is 1. The van der Waals surface area contributed by atoms with Crippen LogP contribution in [-0.2, 0) is 0 Å². The van der Waals surface area contributed by atoms with Gasteiger partial charge in [0, 0.05) is 11.6 Å². The van der Waals surface area contributed by atoms with Crippen LogP contribution in [0.3, 0.4) is 0 Å². The van der Waals surface area contributed by atoms with Gasteiger partial charge in [0.1, 0.15) is 11.6 Å². The minimum Gasteiger partial charge on any atom is -0.322 e.